The summed E-state index contributed by atoms with van der Waals surface area (Å²) in [6.07, 6.45) is 5.96. The molecule has 1 fully saturated rings. The van der Waals surface area contributed by atoms with Gasteiger partial charge in [-0.25, -0.2) is 19.6 Å². The van der Waals surface area contributed by atoms with Crippen LogP contribution in [0.25, 0.3) is 11.0 Å². The monoisotopic (exact) mass is 311 g/mol. The third-order valence-corrected chi connectivity index (χ3v) is 4.55. The van der Waals surface area contributed by atoms with E-state index in [1.54, 1.807) is 6.33 Å². The van der Waals surface area contributed by atoms with Gasteiger partial charge in [-0.15, -0.1) is 0 Å². The summed E-state index contributed by atoms with van der Waals surface area (Å²) in [6, 6.07) is 2.05. The van der Waals surface area contributed by atoms with Crippen LogP contribution >= 0.6 is 0 Å². The molecule has 0 bridgehead atoms. The van der Waals surface area contributed by atoms with Crippen molar-refractivity contribution in [3.8, 4) is 0 Å². The topological polar surface area (TPSA) is 75.5 Å². The molecule has 1 atom stereocenters. The van der Waals surface area contributed by atoms with E-state index in [1.807, 2.05) is 24.7 Å². The molecule has 1 saturated heterocycles. The van der Waals surface area contributed by atoms with Crippen molar-refractivity contribution in [2.45, 2.75) is 33.2 Å². The average Bonchev–Trinajstić information content (AvgIpc) is 3.14. The molecule has 0 saturated carbocycles. The van der Waals surface area contributed by atoms with Gasteiger partial charge in [0, 0.05) is 25.8 Å². The standard InChI is InChI=1S/C16H21N7/c1-11-20-12(2)23(21-11)9-13-4-3-7-22(8-13)16-14-5-6-17-15(14)18-10-19-16/h5-6,10,13H,3-4,7-9H2,1-2H3,(H,17,18,19)/t13-/m0/s1. The lowest BCUT2D eigenvalue weighted by atomic mass is 9.98. The van der Waals surface area contributed by atoms with E-state index in [1.165, 1.54) is 12.8 Å². The molecule has 0 radical (unpaired) electrons. The van der Waals surface area contributed by atoms with Gasteiger partial charge in [0.1, 0.15) is 29.4 Å². The maximum atomic E-state index is 4.53. The molecular formula is C16H21N7. The highest BCUT2D eigenvalue weighted by Crippen LogP contribution is 2.27. The van der Waals surface area contributed by atoms with Gasteiger partial charge in [0.2, 0.25) is 0 Å². The third-order valence-electron chi connectivity index (χ3n) is 4.55. The van der Waals surface area contributed by atoms with E-state index in [4.69, 9.17) is 0 Å². The van der Waals surface area contributed by atoms with E-state index in [0.717, 1.165) is 48.1 Å². The molecule has 1 N–H and O–H groups in total. The summed E-state index contributed by atoms with van der Waals surface area (Å²) >= 11 is 0. The number of rotatable bonds is 3. The molecular weight excluding hydrogens is 290 g/mol. The number of fused-ring (bicyclic) bond motifs is 1. The first kappa shape index (κ1) is 14.2. The zero-order chi connectivity index (χ0) is 15.8. The van der Waals surface area contributed by atoms with Crippen LogP contribution in [0.5, 0.6) is 0 Å². The summed E-state index contributed by atoms with van der Waals surface area (Å²) in [5.41, 5.74) is 0.903. The summed E-state index contributed by atoms with van der Waals surface area (Å²) in [5, 5.41) is 5.60. The van der Waals surface area contributed by atoms with E-state index < -0.39 is 0 Å². The number of anilines is 1. The minimum absolute atomic E-state index is 0.563. The van der Waals surface area contributed by atoms with Gasteiger partial charge < -0.3 is 9.88 Å². The zero-order valence-corrected chi connectivity index (χ0v) is 13.5. The Balaban J connectivity index is 1.55. The van der Waals surface area contributed by atoms with Gasteiger partial charge in [-0.3, -0.25) is 0 Å². The molecule has 1 aliphatic rings. The molecule has 3 aromatic heterocycles. The van der Waals surface area contributed by atoms with Crippen molar-refractivity contribution < 1.29 is 0 Å². The van der Waals surface area contributed by atoms with Crippen molar-refractivity contribution in [1.29, 1.82) is 0 Å². The molecule has 120 valence electrons. The van der Waals surface area contributed by atoms with Crippen LogP contribution in [0.15, 0.2) is 18.6 Å². The Labute approximate surface area is 134 Å². The number of H-pyrrole nitrogens is 1. The van der Waals surface area contributed by atoms with Crippen molar-refractivity contribution in [1.82, 2.24) is 29.7 Å². The minimum atomic E-state index is 0.563. The van der Waals surface area contributed by atoms with Crippen LogP contribution in [-0.2, 0) is 6.54 Å². The Hall–Kier alpha value is -2.44. The second kappa shape index (κ2) is 5.64. The van der Waals surface area contributed by atoms with E-state index in [9.17, 15) is 0 Å². The van der Waals surface area contributed by atoms with Gasteiger partial charge in [0.05, 0.1) is 5.39 Å². The Kier molecular flexibility index (Phi) is 3.48. The largest absolute Gasteiger partial charge is 0.356 e. The fourth-order valence-electron chi connectivity index (χ4n) is 3.50. The molecule has 4 rings (SSSR count). The molecule has 0 unspecified atom stereocenters. The molecule has 4 heterocycles. The van der Waals surface area contributed by atoms with Crippen LogP contribution in [0.4, 0.5) is 5.82 Å². The number of hydrogen-bond donors (Lipinski definition) is 1. The van der Waals surface area contributed by atoms with Crippen molar-refractivity contribution >= 4 is 16.9 Å². The number of aromatic amines is 1. The summed E-state index contributed by atoms with van der Waals surface area (Å²) in [6.45, 7) is 6.93. The van der Waals surface area contributed by atoms with Crippen molar-refractivity contribution in [3.05, 3.63) is 30.2 Å². The van der Waals surface area contributed by atoms with Gasteiger partial charge in [0.15, 0.2) is 0 Å². The Morgan fingerprint density at radius 1 is 1.30 bits per heavy atom. The summed E-state index contributed by atoms with van der Waals surface area (Å²) in [4.78, 5) is 18.7. The Morgan fingerprint density at radius 2 is 2.22 bits per heavy atom. The second-order valence-electron chi connectivity index (χ2n) is 6.28. The Morgan fingerprint density at radius 3 is 3.04 bits per heavy atom. The number of nitrogens with one attached hydrogen (secondary N) is 1. The maximum absolute atomic E-state index is 4.53. The van der Waals surface area contributed by atoms with Crippen LogP contribution in [0, 0.1) is 19.8 Å². The number of aryl methyl sites for hydroxylation is 2. The SMILES string of the molecule is Cc1nc(C)n(C[C@H]2CCCN(c3ncnc4[nH]ccc34)C2)n1. The van der Waals surface area contributed by atoms with Crippen LogP contribution in [0.3, 0.4) is 0 Å². The summed E-state index contributed by atoms with van der Waals surface area (Å²) < 4.78 is 2.04. The van der Waals surface area contributed by atoms with E-state index in [0.29, 0.717) is 5.92 Å². The predicted octanol–water partition coefficient (Wildman–Crippen LogP) is 2.08. The van der Waals surface area contributed by atoms with Crippen LogP contribution in [-0.4, -0.2) is 42.8 Å². The van der Waals surface area contributed by atoms with Crippen molar-refractivity contribution in [2.24, 2.45) is 5.92 Å². The van der Waals surface area contributed by atoms with Crippen LogP contribution in [0.1, 0.15) is 24.5 Å². The van der Waals surface area contributed by atoms with E-state index in [-0.39, 0.29) is 0 Å². The fraction of sp³-hybridized carbons (Fsp3) is 0.500. The zero-order valence-electron chi connectivity index (χ0n) is 13.5. The maximum Gasteiger partial charge on any atom is 0.147 e. The van der Waals surface area contributed by atoms with Crippen molar-refractivity contribution in [2.75, 3.05) is 18.0 Å². The molecule has 0 spiro atoms. The van der Waals surface area contributed by atoms with Gasteiger partial charge in [-0.05, 0) is 38.7 Å². The molecule has 7 nitrogen and oxygen atoms in total. The summed E-state index contributed by atoms with van der Waals surface area (Å²) in [5.74, 6) is 3.44. The van der Waals surface area contributed by atoms with Crippen LogP contribution < -0.4 is 4.90 Å². The quantitative estimate of drug-likeness (QED) is 0.801. The fourth-order valence-corrected chi connectivity index (χ4v) is 3.50. The molecule has 3 aromatic rings. The van der Waals surface area contributed by atoms with Gasteiger partial charge in [0.25, 0.3) is 0 Å². The smallest absolute Gasteiger partial charge is 0.147 e. The summed E-state index contributed by atoms with van der Waals surface area (Å²) in [7, 11) is 0. The highest BCUT2D eigenvalue weighted by atomic mass is 15.3. The molecule has 0 aromatic carbocycles. The third kappa shape index (κ3) is 2.67. The first-order valence-corrected chi connectivity index (χ1v) is 8.12. The lowest BCUT2D eigenvalue weighted by molar-refractivity contribution is 0.347. The second-order valence-corrected chi connectivity index (χ2v) is 6.28. The predicted molar refractivity (Wildman–Crippen MR) is 88.3 cm³/mol. The number of aromatic nitrogens is 6. The molecule has 23 heavy (non-hydrogen) atoms. The number of nitrogens with zero attached hydrogens (tertiary/aromatic N) is 6. The Bertz CT molecular complexity index is 819. The highest BCUT2D eigenvalue weighted by Gasteiger charge is 2.23. The minimum Gasteiger partial charge on any atom is -0.356 e. The molecule has 0 aliphatic carbocycles. The van der Waals surface area contributed by atoms with Crippen molar-refractivity contribution in [3.63, 3.8) is 0 Å². The number of piperidine rings is 1. The van der Waals surface area contributed by atoms with E-state index in [2.05, 4.69) is 36.0 Å². The molecule has 0 amide bonds. The van der Waals surface area contributed by atoms with Crippen LogP contribution in [0.2, 0.25) is 0 Å². The lowest BCUT2D eigenvalue weighted by Gasteiger charge is -2.33. The van der Waals surface area contributed by atoms with Gasteiger partial charge >= 0.3 is 0 Å². The highest BCUT2D eigenvalue weighted by molar-refractivity contribution is 5.87. The normalized spacial score (nSPS) is 18.7. The van der Waals surface area contributed by atoms with Gasteiger partial charge in [-0.1, -0.05) is 0 Å². The first-order valence-electron chi connectivity index (χ1n) is 8.12. The first-order chi connectivity index (χ1) is 11.2. The lowest BCUT2D eigenvalue weighted by Crippen LogP contribution is -2.38. The average molecular weight is 311 g/mol. The molecule has 1 aliphatic heterocycles. The number of hydrogen-bond acceptors (Lipinski definition) is 5. The van der Waals surface area contributed by atoms with E-state index >= 15 is 0 Å². The molecule has 7 heteroatoms. The van der Waals surface area contributed by atoms with Gasteiger partial charge in [-0.2, -0.15) is 5.10 Å².